The van der Waals surface area contributed by atoms with Crippen molar-refractivity contribution in [1.82, 2.24) is 4.90 Å². The number of nitrogens with two attached hydrogens (primary N) is 1. The quantitative estimate of drug-likeness (QED) is 0.870. The summed E-state index contributed by atoms with van der Waals surface area (Å²) in [5.41, 5.74) is 7.29. The van der Waals surface area contributed by atoms with Crippen LogP contribution in [0.4, 0.5) is 0 Å². The van der Waals surface area contributed by atoms with Gasteiger partial charge in [0.1, 0.15) is 0 Å². The van der Waals surface area contributed by atoms with Crippen LogP contribution in [-0.4, -0.2) is 24.5 Å². The molecule has 0 aliphatic rings. The molecule has 0 amide bonds. The zero-order chi connectivity index (χ0) is 14.4. The summed E-state index contributed by atoms with van der Waals surface area (Å²) in [7, 11) is 2.00. The molecule has 3 unspecified atom stereocenters. The number of nitriles is 1. The Hall–Kier alpha value is -1.08. The van der Waals surface area contributed by atoms with Gasteiger partial charge in [-0.25, -0.2) is 0 Å². The van der Waals surface area contributed by atoms with Crippen molar-refractivity contribution in [2.24, 2.45) is 11.7 Å². The minimum atomic E-state index is -0.0287. The highest BCUT2D eigenvalue weighted by molar-refractivity contribution is 6.31. The predicted molar refractivity (Wildman–Crippen MR) is 79.9 cm³/mol. The molecule has 0 radical (unpaired) electrons. The van der Waals surface area contributed by atoms with Crippen LogP contribution in [0.3, 0.4) is 0 Å². The number of rotatable bonds is 6. The highest BCUT2D eigenvalue weighted by Gasteiger charge is 2.25. The number of likely N-dealkylation sites (N-methyl/N-ethyl adjacent to an activating group) is 1. The molecule has 104 valence electrons. The molecule has 4 heteroatoms. The van der Waals surface area contributed by atoms with Crippen molar-refractivity contribution in [2.75, 3.05) is 13.6 Å². The second kappa shape index (κ2) is 7.49. The summed E-state index contributed by atoms with van der Waals surface area (Å²) in [5, 5.41) is 9.68. The first-order chi connectivity index (χ1) is 9.01. The van der Waals surface area contributed by atoms with Crippen LogP contribution >= 0.6 is 11.6 Å². The monoisotopic (exact) mass is 279 g/mol. The van der Waals surface area contributed by atoms with Crippen molar-refractivity contribution in [1.29, 1.82) is 5.26 Å². The Morgan fingerprint density at radius 3 is 2.58 bits per heavy atom. The molecule has 0 saturated carbocycles. The minimum absolute atomic E-state index is 0.00390. The summed E-state index contributed by atoms with van der Waals surface area (Å²) in [4.78, 5) is 2.13. The molecule has 1 aromatic rings. The van der Waals surface area contributed by atoms with Crippen LogP contribution in [0.15, 0.2) is 24.3 Å². The Kier molecular flexibility index (Phi) is 6.30. The third-order valence-corrected chi connectivity index (χ3v) is 3.70. The van der Waals surface area contributed by atoms with E-state index in [0.29, 0.717) is 6.54 Å². The molecule has 0 fully saturated rings. The summed E-state index contributed by atoms with van der Waals surface area (Å²) >= 11 is 6.29. The topological polar surface area (TPSA) is 53.0 Å². The van der Waals surface area contributed by atoms with E-state index in [1.54, 1.807) is 0 Å². The molecule has 19 heavy (non-hydrogen) atoms. The van der Waals surface area contributed by atoms with E-state index in [1.807, 2.05) is 38.2 Å². The summed E-state index contributed by atoms with van der Waals surface area (Å²) in [6.07, 6.45) is 0.862. The molecular formula is C15H22ClN3. The van der Waals surface area contributed by atoms with E-state index in [1.165, 1.54) is 0 Å². The molecule has 0 spiro atoms. The van der Waals surface area contributed by atoms with E-state index in [0.717, 1.165) is 17.0 Å². The second-order valence-electron chi connectivity index (χ2n) is 5.01. The van der Waals surface area contributed by atoms with Crippen molar-refractivity contribution in [3.63, 3.8) is 0 Å². The molecule has 0 aromatic heterocycles. The van der Waals surface area contributed by atoms with Crippen LogP contribution in [-0.2, 0) is 0 Å². The number of nitrogens with zero attached hydrogens (tertiary/aromatic N) is 2. The highest BCUT2D eigenvalue weighted by atomic mass is 35.5. The summed E-state index contributed by atoms with van der Waals surface area (Å²) in [5.74, 6) is -0.0287. The van der Waals surface area contributed by atoms with Crippen LogP contribution < -0.4 is 5.73 Å². The van der Waals surface area contributed by atoms with E-state index in [2.05, 4.69) is 17.9 Å². The van der Waals surface area contributed by atoms with E-state index < -0.39 is 0 Å². The standard InChI is InChI=1S/C15H22ClN3/c1-4-14(18)15(19(3)10-11(2)9-17)12-7-5-6-8-13(12)16/h5-8,11,14-15H,4,10,18H2,1-3H3. The van der Waals surface area contributed by atoms with Gasteiger partial charge in [-0.2, -0.15) is 5.26 Å². The Bertz CT molecular complexity index is 441. The smallest absolute Gasteiger partial charge is 0.0666 e. The SMILES string of the molecule is CCC(N)C(c1ccccc1Cl)N(C)CC(C)C#N. The Morgan fingerprint density at radius 2 is 2.05 bits per heavy atom. The second-order valence-corrected chi connectivity index (χ2v) is 5.42. The van der Waals surface area contributed by atoms with Gasteiger partial charge in [0.2, 0.25) is 0 Å². The normalized spacial score (nSPS) is 15.8. The summed E-state index contributed by atoms with van der Waals surface area (Å²) in [6.45, 7) is 4.66. The Balaban J connectivity index is 3.02. The van der Waals surface area contributed by atoms with E-state index in [4.69, 9.17) is 22.6 Å². The fourth-order valence-electron chi connectivity index (χ4n) is 2.32. The van der Waals surface area contributed by atoms with Gasteiger partial charge in [0.25, 0.3) is 0 Å². The summed E-state index contributed by atoms with van der Waals surface area (Å²) in [6, 6.07) is 10.1. The maximum absolute atomic E-state index is 8.95. The first-order valence-electron chi connectivity index (χ1n) is 6.61. The van der Waals surface area contributed by atoms with Gasteiger partial charge in [-0.15, -0.1) is 0 Å². The van der Waals surface area contributed by atoms with Crippen LogP contribution in [0.25, 0.3) is 0 Å². The van der Waals surface area contributed by atoms with E-state index in [-0.39, 0.29) is 18.0 Å². The lowest BCUT2D eigenvalue weighted by molar-refractivity contribution is 0.197. The molecule has 0 aliphatic carbocycles. The van der Waals surface area contributed by atoms with Crippen LogP contribution in [0.1, 0.15) is 31.9 Å². The van der Waals surface area contributed by atoms with E-state index >= 15 is 0 Å². The lowest BCUT2D eigenvalue weighted by Gasteiger charge is -2.33. The maximum atomic E-state index is 8.95. The number of benzene rings is 1. The van der Waals surface area contributed by atoms with Crippen LogP contribution in [0, 0.1) is 17.2 Å². The van der Waals surface area contributed by atoms with Crippen molar-refractivity contribution in [3.8, 4) is 6.07 Å². The predicted octanol–water partition coefficient (Wildman–Crippen LogP) is 3.21. The molecule has 0 heterocycles. The maximum Gasteiger partial charge on any atom is 0.0666 e. The molecule has 1 aromatic carbocycles. The molecular weight excluding hydrogens is 258 g/mol. The fraction of sp³-hybridized carbons (Fsp3) is 0.533. The first-order valence-corrected chi connectivity index (χ1v) is 6.98. The number of hydrogen-bond acceptors (Lipinski definition) is 3. The van der Waals surface area contributed by atoms with Crippen molar-refractivity contribution >= 4 is 11.6 Å². The molecule has 1 rings (SSSR count). The van der Waals surface area contributed by atoms with Crippen molar-refractivity contribution in [2.45, 2.75) is 32.4 Å². The van der Waals surface area contributed by atoms with Gasteiger partial charge in [-0.1, -0.05) is 36.7 Å². The van der Waals surface area contributed by atoms with Gasteiger partial charge in [-0.05, 0) is 32.0 Å². The molecule has 3 nitrogen and oxygen atoms in total. The fourth-order valence-corrected chi connectivity index (χ4v) is 2.57. The number of halogens is 1. The lowest BCUT2D eigenvalue weighted by Crippen LogP contribution is -2.40. The molecule has 0 bridgehead atoms. The minimum Gasteiger partial charge on any atom is -0.326 e. The zero-order valence-corrected chi connectivity index (χ0v) is 12.6. The molecule has 2 N–H and O–H groups in total. The van der Waals surface area contributed by atoms with Gasteiger partial charge in [0, 0.05) is 17.6 Å². The zero-order valence-electron chi connectivity index (χ0n) is 11.8. The van der Waals surface area contributed by atoms with Crippen LogP contribution in [0.2, 0.25) is 5.02 Å². The van der Waals surface area contributed by atoms with Gasteiger partial charge in [0.05, 0.1) is 18.0 Å². The number of hydrogen-bond donors (Lipinski definition) is 1. The van der Waals surface area contributed by atoms with Gasteiger partial charge < -0.3 is 5.73 Å². The Morgan fingerprint density at radius 1 is 1.42 bits per heavy atom. The van der Waals surface area contributed by atoms with Gasteiger partial charge in [-0.3, -0.25) is 4.90 Å². The largest absolute Gasteiger partial charge is 0.326 e. The molecule has 0 saturated heterocycles. The van der Waals surface area contributed by atoms with E-state index in [9.17, 15) is 0 Å². The van der Waals surface area contributed by atoms with Crippen LogP contribution in [0.5, 0.6) is 0 Å². The highest BCUT2D eigenvalue weighted by Crippen LogP contribution is 2.30. The lowest BCUT2D eigenvalue weighted by atomic mass is 9.96. The average Bonchev–Trinajstić information content (AvgIpc) is 2.40. The third kappa shape index (κ3) is 4.21. The first kappa shape index (κ1) is 16.0. The summed E-state index contributed by atoms with van der Waals surface area (Å²) < 4.78 is 0. The average molecular weight is 280 g/mol. The van der Waals surface area contributed by atoms with Gasteiger partial charge in [0.15, 0.2) is 0 Å². The third-order valence-electron chi connectivity index (χ3n) is 3.36. The Labute approximate surface area is 121 Å². The van der Waals surface area contributed by atoms with Gasteiger partial charge >= 0.3 is 0 Å². The van der Waals surface area contributed by atoms with Crippen molar-refractivity contribution in [3.05, 3.63) is 34.9 Å². The van der Waals surface area contributed by atoms with Crippen molar-refractivity contribution < 1.29 is 0 Å². The molecule has 3 atom stereocenters. The molecule has 0 aliphatic heterocycles.